The average Bonchev–Trinajstić information content (AvgIpc) is 2.71. The molecule has 1 N–H and O–H groups in total. The van der Waals surface area contributed by atoms with Gasteiger partial charge in [-0.15, -0.1) is 0 Å². The summed E-state index contributed by atoms with van der Waals surface area (Å²) < 4.78 is 32.9. The maximum atomic E-state index is 12.7. The topological polar surface area (TPSA) is 120 Å². The molecule has 0 atom stereocenters. The van der Waals surface area contributed by atoms with E-state index in [1.807, 2.05) is 0 Å². The van der Waals surface area contributed by atoms with Gasteiger partial charge in [-0.3, -0.25) is 14.4 Å². The van der Waals surface area contributed by atoms with E-state index < -0.39 is 20.9 Å². The largest absolute Gasteiger partial charge is 1.00 e. The minimum Gasteiger partial charge on any atom is -0.744 e. The van der Waals surface area contributed by atoms with Crippen molar-refractivity contribution >= 4 is 33.3 Å². The van der Waals surface area contributed by atoms with Crippen molar-refractivity contribution in [3.05, 3.63) is 94.5 Å². The van der Waals surface area contributed by atoms with E-state index in [1.54, 1.807) is 24.3 Å². The monoisotopic (exact) mass is 429 g/mol. The summed E-state index contributed by atoms with van der Waals surface area (Å²) in [4.78, 5) is 37.5. The Labute approximate surface area is 194 Å². The fraction of sp³-hybridized carbons (Fsp3) is 0. The third-order valence-corrected chi connectivity index (χ3v) is 5.44. The van der Waals surface area contributed by atoms with Gasteiger partial charge in [0.25, 0.3) is 5.91 Å². The Morgan fingerprint density at radius 3 is 1.87 bits per heavy atom. The Kier molecular flexibility index (Phi) is 6.07. The molecular formula is C21H12NNaO6S. The molecule has 3 aromatic carbocycles. The molecule has 4 rings (SSSR count). The molecule has 0 unspecified atom stereocenters. The van der Waals surface area contributed by atoms with Crippen LogP contribution in [0.5, 0.6) is 0 Å². The number of anilines is 1. The summed E-state index contributed by atoms with van der Waals surface area (Å²) in [6.07, 6.45) is 0. The van der Waals surface area contributed by atoms with Crippen LogP contribution in [-0.2, 0) is 10.1 Å². The number of hydrogen-bond acceptors (Lipinski definition) is 6. The van der Waals surface area contributed by atoms with Gasteiger partial charge in [-0.25, -0.2) is 8.42 Å². The smallest absolute Gasteiger partial charge is 0.744 e. The first-order valence-electron chi connectivity index (χ1n) is 8.45. The van der Waals surface area contributed by atoms with Gasteiger partial charge in [-0.2, -0.15) is 0 Å². The number of amides is 1. The molecule has 0 bridgehead atoms. The van der Waals surface area contributed by atoms with E-state index in [1.165, 1.54) is 30.3 Å². The third-order valence-electron chi connectivity index (χ3n) is 4.59. The second-order valence-electron chi connectivity index (χ2n) is 6.40. The molecule has 3 aromatic rings. The van der Waals surface area contributed by atoms with Crippen LogP contribution >= 0.6 is 0 Å². The van der Waals surface area contributed by atoms with Gasteiger partial charge in [-0.05, 0) is 42.5 Å². The van der Waals surface area contributed by atoms with Gasteiger partial charge in [0.15, 0.2) is 11.6 Å². The van der Waals surface area contributed by atoms with Gasteiger partial charge in [0.1, 0.15) is 10.1 Å². The van der Waals surface area contributed by atoms with Crippen molar-refractivity contribution in [1.82, 2.24) is 0 Å². The van der Waals surface area contributed by atoms with E-state index in [4.69, 9.17) is 0 Å². The van der Waals surface area contributed by atoms with Crippen LogP contribution in [0.15, 0.2) is 71.6 Å². The molecule has 30 heavy (non-hydrogen) atoms. The Morgan fingerprint density at radius 1 is 0.767 bits per heavy atom. The zero-order valence-electron chi connectivity index (χ0n) is 15.7. The maximum absolute atomic E-state index is 12.7. The molecule has 1 aliphatic carbocycles. The molecular weight excluding hydrogens is 417 g/mol. The Morgan fingerprint density at radius 2 is 1.30 bits per heavy atom. The van der Waals surface area contributed by atoms with E-state index >= 15 is 0 Å². The Bertz CT molecular complexity index is 1300. The van der Waals surface area contributed by atoms with E-state index in [-0.39, 0.29) is 69.1 Å². The zero-order valence-corrected chi connectivity index (χ0v) is 18.5. The predicted molar refractivity (Wildman–Crippen MR) is 102 cm³/mol. The van der Waals surface area contributed by atoms with Crippen molar-refractivity contribution in [2.24, 2.45) is 0 Å². The fourth-order valence-corrected chi connectivity index (χ4v) is 3.62. The van der Waals surface area contributed by atoms with Crippen molar-refractivity contribution in [3.63, 3.8) is 0 Å². The summed E-state index contributed by atoms with van der Waals surface area (Å²) in [5.74, 6) is -1.17. The van der Waals surface area contributed by atoms with E-state index in [9.17, 15) is 27.4 Å². The van der Waals surface area contributed by atoms with E-state index in [0.717, 1.165) is 12.1 Å². The summed E-state index contributed by atoms with van der Waals surface area (Å²) in [5, 5.41) is 2.56. The molecule has 0 heterocycles. The summed E-state index contributed by atoms with van der Waals surface area (Å²) in [6.45, 7) is 0. The second-order valence-corrected chi connectivity index (χ2v) is 7.78. The fourth-order valence-electron chi connectivity index (χ4n) is 3.15. The number of benzene rings is 3. The number of carbonyl (C=O) groups is 3. The van der Waals surface area contributed by atoms with Crippen LogP contribution in [0.4, 0.5) is 5.69 Å². The van der Waals surface area contributed by atoms with E-state index in [0.29, 0.717) is 5.56 Å². The molecule has 0 aromatic heterocycles. The number of ketones is 2. The SMILES string of the molecule is O=C(Nc1ccc(S(=O)(=O)[O-])cc1)c1ccc2c(c1)C(=O)c1ccccc1C2=O.[Na+]. The van der Waals surface area contributed by atoms with Gasteiger partial charge in [0, 0.05) is 33.5 Å². The van der Waals surface area contributed by atoms with Crippen LogP contribution in [0, 0.1) is 0 Å². The average molecular weight is 429 g/mol. The zero-order chi connectivity index (χ0) is 20.8. The van der Waals surface area contributed by atoms with Crippen molar-refractivity contribution in [2.45, 2.75) is 4.90 Å². The van der Waals surface area contributed by atoms with Gasteiger partial charge in [-0.1, -0.05) is 24.3 Å². The van der Waals surface area contributed by atoms with Crippen LogP contribution in [0.3, 0.4) is 0 Å². The van der Waals surface area contributed by atoms with Crippen LogP contribution in [0.2, 0.25) is 0 Å². The van der Waals surface area contributed by atoms with Crippen LogP contribution in [0.25, 0.3) is 0 Å². The summed E-state index contributed by atoms with van der Waals surface area (Å²) >= 11 is 0. The molecule has 0 radical (unpaired) electrons. The quantitative estimate of drug-likeness (QED) is 0.350. The minimum absolute atomic E-state index is 0. The Balaban J connectivity index is 0.00000256. The molecule has 0 spiro atoms. The molecule has 7 nitrogen and oxygen atoms in total. The van der Waals surface area contributed by atoms with Crippen molar-refractivity contribution in [1.29, 1.82) is 0 Å². The minimum atomic E-state index is -4.58. The third kappa shape index (κ3) is 4.00. The predicted octanol–water partition coefficient (Wildman–Crippen LogP) is -0.378. The molecule has 144 valence electrons. The molecule has 9 heteroatoms. The summed E-state index contributed by atoms with van der Waals surface area (Å²) in [5.41, 5.74) is 1.43. The van der Waals surface area contributed by atoms with Crippen LogP contribution in [-0.4, -0.2) is 30.4 Å². The molecule has 0 saturated carbocycles. The standard InChI is InChI=1S/C21H13NO6S.Na/c23-19-15-3-1-2-4-16(15)20(24)18-11-12(5-10-17(18)19)21(25)22-13-6-8-14(9-7-13)29(26,27)28;/h1-11H,(H,22,25)(H,26,27,28);/q;+1/p-1. The molecule has 0 saturated heterocycles. The van der Waals surface area contributed by atoms with Crippen molar-refractivity contribution < 1.29 is 56.9 Å². The number of hydrogen-bond donors (Lipinski definition) is 1. The molecule has 0 aliphatic heterocycles. The van der Waals surface area contributed by atoms with E-state index in [2.05, 4.69) is 5.32 Å². The maximum Gasteiger partial charge on any atom is 1.00 e. The van der Waals surface area contributed by atoms with Gasteiger partial charge >= 0.3 is 29.6 Å². The first kappa shape index (κ1) is 22.1. The van der Waals surface area contributed by atoms with Crippen LogP contribution < -0.4 is 34.9 Å². The number of fused-ring (bicyclic) bond motifs is 2. The second kappa shape index (κ2) is 8.25. The normalized spacial score (nSPS) is 12.4. The van der Waals surface area contributed by atoms with Gasteiger partial charge < -0.3 is 9.87 Å². The van der Waals surface area contributed by atoms with Crippen molar-refractivity contribution in [3.8, 4) is 0 Å². The van der Waals surface area contributed by atoms with Gasteiger partial charge in [0.05, 0.1) is 4.90 Å². The van der Waals surface area contributed by atoms with Crippen LogP contribution in [0.1, 0.15) is 42.2 Å². The first-order chi connectivity index (χ1) is 13.8. The van der Waals surface area contributed by atoms with Crippen molar-refractivity contribution in [2.75, 3.05) is 5.32 Å². The number of carbonyl (C=O) groups excluding carboxylic acids is 3. The van der Waals surface area contributed by atoms with Gasteiger partial charge in [0.2, 0.25) is 0 Å². The summed E-state index contributed by atoms with van der Waals surface area (Å²) in [7, 11) is -4.58. The molecule has 1 aliphatic rings. The molecule has 1 amide bonds. The summed E-state index contributed by atoms with van der Waals surface area (Å²) in [6, 6.07) is 15.5. The Hall–Kier alpha value is -2.62. The molecule has 0 fully saturated rings. The number of rotatable bonds is 3. The first-order valence-corrected chi connectivity index (χ1v) is 9.86. The number of nitrogens with one attached hydrogen (secondary N) is 1.